The molecule has 1 aromatic carbocycles. The molecule has 1 fully saturated rings. The van der Waals surface area contributed by atoms with Gasteiger partial charge in [0.05, 0.1) is 11.1 Å². The van der Waals surface area contributed by atoms with E-state index in [0.717, 1.165) is 18.7 Å². The van der Waals surface area contributed by atoms with Crippen molar-refractivity contribution in [1.82, 2.24) is 5.01 Å². The van der Waals surface area contributed by atoms with Crippen LogP contribution in [0, 0.1) is 10.1 Å². The molecule has 0 bridgehead atoms. The first-order valence-corrected chi connectivity index (χ1v) is 7.36. The summed E-state index contributed by atoms with van der Waals surface area (Å²) >= 11 is 0. The number of hydrazone groups is 1. The summed E-state index contributed by atoms with van der Waals surface area (Å²) in [5, 5.41) is 17.1. The van der Waals surface area contributed by atoms with Gasteiger partial charge in [0, 0.05) is 30.8 Å². The summed E-state index contributed by atoms with van der Waals surface area (Å²) < 4.78 is 5.72. The second-order valence-electron chi connectivity index (χ2n) is 5.26. The molecule has 3 rings (SSSR count). The minimum absolute atomic E-state index is 0.0715. The minimum atomic E-state index is -0.414. The highest BCUT2D eigenvalue weighted by Gasteiger charge is 2.09. The molecule has 6 nitrogen and oxygen atoms in total. The maximum Gasteiger partial charge on any atom is 0.269 e. The highest BCUT2D eigenvalue weighted by Crippen LogP contribution is 2.24. The highest BCUT2D eigenvalue weighted by molar-refractivity contribution is 5.77. The Morgan fingerprint density at radius 1 is 1.09 bits per heavy atom. The van der Waals surface area contributed by atoms with Gasteiger partial charge in [0.15, 0.2) is 0 Å². The van der Waals surface area contributed by atoms with Crippen molar-refractivity contribution in [2.24, 2.45) is 5.10 Å². The van der Waals surface area contributed by atoms with E-state index in [1.165, 1.54) is 31.4 Å². The Bertz CT molecular complexity index is 670. The van der Waals surface area contributed by atoms with Gasteiger partial charge in [-0.1, -0.05) is 0 Å². The van der Waals surface area contributed by atoms with Crippen molar-refractivity contribution in [3.63, 3.8) is 0 Å². The molecule has 1 aromatic heterocycles. The maximum atomic E-state index is 10.6. The first kappa shape index (κ1) is 14.3. The molecule has 0 amide bonds. The topological polar surface area (TPSA) is 71.9 Å². The lowest BCUT2D eigenvalue weighted by Crippen LogP contribution is -2.24. The Labute approximate surface area is 128 Å². The summed E-state index contributed by atoms with van der Waals surface area (Å²) in [6, 6.07) is 10.0. The van der Waals surface area contributed by atoms with Gasteiger partial charge < -0.3 is 4.42 Å². The third kappa shape index (κ3) is 3.33. The van der Waals surface area contributed by atoms with Crippen LogP contribution in [-0.2, 0) is 0 Å². The molecule has 0 saturated carbocycles. The predicted molar refractivity (Wildman–Crippen MR) is 83.8 cm³/mol. The van der Waals surface area contributed by atoms with Crippen molar-refractivity contribution >= 4 is 11.9 Å². The molecule has 0 N–H and O–H groups in total. The van der Waals surface area contributed by atoms with Gasteiger partial charge in [-0.15, -0.1) is 0 Å². The van der Waals surface area contributed by atoms with Crippen LogP contribution < -0.4 is 0 Å². The number of benzene rings is 1. The van der Waals surface area contributed by atoms with E-state index < -0.39 is 4.92 Å². The molecule has 0 unspecified atom stereocenters. The summed E-state index contributed by atoms with van der Waals surface area (Å²) in [5.41, 5.74) is 0.880. The van der Waals surface area contributed by atoms with Crippen LogP contribution in [0.15, 0.2) is 45.9 Å². The molecular formula is C16H17N3O3. The molecule has 1 aliphatic heterocycles. The number of furan rings is 1. The fourth-order valence-corrected chi connectivity index (χ4v) is 2.46. The van der Waals surface area contributed by atoms with Crippen molar-refractivity contribution in [2.45, 2.75) is 19.3 Å². The van der Waals surface area contributed by atoms with E-state index >= 15 is 0 Å². The quantitative estimate of drug-likeness (QED) is 0.490. The smallest absolute Gasteiger partial charge is 0.269 e. The number of non-ortho nitro benzene ring substituents is 1. The van der Waals surface area contributed by atoms with Crippen molar-refractivity contribution in [3.8, 4) is 11.3 Å². The molecule has 2 heterocycles. The lowest BCUT2D eigenvalue weighted by Gasteiger charge is -2.22. The van der Waals surface area contributed by atoms with Crippen molar-refractivity contribution in [1.29, 1.82) is 0 Å². The van der Waals surface area contributed by atoms with E-state index in [-0.39, 0.29) is 5.69 Å². The zero-order valence-electron chi connectivity index (χ0n) is 12.1. The van der Waals surface area contributed by atoms with Gasteiger partial charge in [0.2, 0.25) is 0 Å². The molecule has 0 atom stereocenters. The molecule has 1 saturated heterocycles. The van der Waals surface area contributed by atoms with Crippen LogP contribution in [-0.4, -0.2) is 29.2 Å². The van der Waals surface area contributed by atoms with E-state index in [1.54, 1.807) is 18.3 Å². The number of piperidine rings is 1. The predicted octanol–water partition coefficient (Wildman–Crippen LogP) is 3.67. The van der Waals surface area contributed by atoms with E-state index in [9.17, 15) is 10.1 Å². The van der Waals surface area contributed by atoms with Gasteiger partial charge in [-0.3, -0.25) is 15.1 Å². The number of rotatable bonds is 4. The van der Waals surface area contributed by atoms with E-state index in [2.05, 4.69) is 10.1 Å². The zero-order valence-corrected chi connectivity index (χ0v) is 12.1. The number of nitro benzene ring substituents is 1. The summed E-state index contributed by atoms with van der Waals surface area (Å²) in [5.74, 6) is 1.36. The van der Waals surface area contributed by atoms with Crippen LogP contribution in [0.25, 0.3) is 11.3 Å². The molecule has 0 radical (unpaired) electrons. The number of nitro groups is 1. The minimum Gasteiger partial charge on any atom is -0.455 e. The van der Waals surface area contributed by atoms with Crippen molar-refractivity contribution in [3.05, 3.63) is 52.3 Å². The lowest BCUT2D eigenvalue weighted by atomic mass is 10.1. The largest absolute Gasteiger partial charge is 0.455 e. The molecule has 22 heavy (non-hydrogen) atoms. The SMILES string of the molecule is O=[N+]([O-])c1ccc(-c2ccc(/C=N\N3CCCCC3)o2)cc1. The summed E-state index contributed by atoms with van der Waals surface area (Å²) in [7, 11) is 0. The molecule has 2 aromatic rings. The van der Waals surface area contributed by atoms with Crippen molar-refractivity contribution < 1.29 is 9.34 Å². The molecular weight excluding hydrogens is 282 g/mol. The normalized spacial score (nSPS) is 15.4. The number of hydrogen-bond donors (Lipinski definition) is 0. The van der Waals surface area contributed by atoms with Crippen LogP contribution in [0.5, 0.6) is 0 Å². The molecule has 114 valence electrons. The average molecular weight is 299 g/mol. The van der Waals surface area contributed by atoms with Crippen LogP contribution in [0.1, 0.15) is 25.0 Å². The first-order chi connectivity index (χ1) is 10.7. The van der Waals surface area contributed by atoms with Crippen LogP contribution in [0.2, 0.25) is 0 Å². The summed E-state index contributed by atoms with van der Waals surface area (Å²) in [4.78, 5) is 10.2. The molecule has 1 aliphatic rings. The summed E-state index contributed by atoms with van der Waals surface area (Å²) in [6.45, 7) is 1.98. The lowest BCUT2D eigenvalue weighted by molar-refractivity contribution is -0.384. The van der Waals surface area contributed by atoms with Gasteiger partial charge in [0.25, 0.3) is 5.69 Å². The fraction of sp³-hybridized carbons (Fsp3) is 0.312. The molecule has 0 aliphatic carbocycles. The Morgan fingerprint density at radius 2 is 1.82 bits per heavy atom. The van der Waals surface area contributed by atoms with Crippen LogP contribution in [0.3, 0.4) is 0 Å². The Hall–Kier alpha value is -2.63. The van der Waals surface area contributed by atoms with E-state index in [0.29, 0.717) is 11.5 Å². The average Bonchev–Trinajstić information content (AvgIpc) is 3.03. The third-order valence-corrected chi connectivity index (χ3v) is 3.67. The second-order valence-corrected chi connectivity index (χ2v) is 5.26. The fourth-order valence-electron chi connectivity index (χ4n) is 2.46. The van der Waals surface area contributed by atoms with Crippen molar-refractivity contribution in [2.75, 3.05) is 13.1 Å². The Balaban J connectivity index is 1.70. The van der Waals surface area contributed by atoms with Gasteiger partial charge in [0.1, 0.15) is 11.5 Å². The summed E-state index contributed by atoms with van der Waals surface area (Å²) in [6.07, 6.45) is 5.37. The Kier molecular flexibility index (Phi) is 4.18. The van der Waals surface area contributed by atoms with E-state index in [4.69, 9.17) is 4.42 Å². The van der Waals surface area contributed by atoms with Gasteiger partial charge >= 0.3 is 0 Å². The molecule has 6 heteroatoms. The number of hydrogen-bond acceptors (Lipinski definition) is 5. The third-order valence-electron chi connectivity index (χ3n) is 3.67. The number of nitrogens with zero attached hydrogens (tertiary/aromatic N) is 3. The van der Waals surface area contributed by atoms with Gasteiger partial charge in [-0.05, 0) is 43.5 Å². The first-order valence-electron chi connectivity index (χ1n) is 7.36. The Morgan fingerprint density at radius 3 is 2.50 bits per heavy atom. The molecule has 0 spiro atoms. The maximum absolute atomic E-state index is 10.6. The van der Waals surface area contributed by atoms with Crippen LogP contribution in [0.4, 0.5) is 5.69 Å². The van der Waals surface area contributed by atoms with Crippen LogP contribution >= 0.6 is 0 Å². The zero-order chi connectivity index (χ0) is 15.4. The van der Waals surface area contributed by atoms with Gasteiger partial charge in [-0.25, -0.2) is 0 Å². The highest BCUT2D eigenvalue weighted by atomic mass is 16.6. The van der Waals surface area contributed by atoms with E-state index in [1.807, 2.05) is 12.1 Å². The van der Waals surface area contributed by atoms with Gasteiger partial charge in [-0.2, -0.15) is 5.10 Å². The second kappa shape index (κ2) is 6.43. The monoisotopic (exact) mass is 299 g/mol. The standard InChI is InChI=1S/C16H17N3O3/c20-19(21)14-6-4-13(5-7-14)16-9-8-15(22-16)12-17-18-10-2-1-3-11-18/h4-9,12H,1-3,10-11H2/b17-12-.